The highest BCUT2D eigenvalue weighted by molar-refractivity contribution is 5.82. The van der Waals surface area contributed by atoms with E-state index in [1.807, 2.05) is 6.07 Å². The number of amides is 1. The molecule has 1 saturated heterocycles. The van der Waals surface area contributed by atoms with Gasteiger partial charge in [-0.25, -0.2) is 0 Å². The van der Waals surface area contributed by atoms with Gasteiger partial charge in [0.15, 0.2) is 0 Å². The molecule has 0 spiro atoms. The lowest BCUT2D eigenvalue weighted by molar-refractivity contribution is -0.123. The number of hydrogen-bond donors (Lipinski definition) is 2. The monoisotopic (exact) mass is 380 g/mol. The lowest BCUT2D eigenvalue weighted by Crippen LogP contribution is -2.46. The zero-order chi connectivity index (χ0) is 19.3. The predicted octanol–water partition coefficient (Wildman–Crippen LogP) is 2.73. The molecule has 1 aromatic carbocycles. The van der Waals surface area contributed by atoms with E-state index in [4.69, 9.17) is 5.26 Å². The third-order valence-electron chi connectivity index (χ3n) is 6.85. The fourth-order valence-electron chi connectivity index (χ4n) is 5.05. The van der Waals surface area contributed by atoms with Gasteiger partial charge in [0.05, 0.1) is 17.7 Å². The topological polar surface area (TPSA) is 68.2 Å². The van der Waals surface area contributed by atoms with Gasteiger partial charge < -0.3 is 10.6 Å². The molecule has 1 atom stereocenters. The summed E-state index contributed by atoms with van der Waals surface area (Å²) in [6, 6.07) is 8.80. The van der Waals surface area contributed by atoms with Gasteiger partial charge in [0.25, 0.3) is 0 Å². The first-order valence-electron chi connectivity index (χ1n) is 11.0. The number of hydrogen-bond acceptors (Lipinski definition) is 4. The molecule has 0 bridgehead atoms. The van der Waals surface area contributed by atoms with Crippen LogP contribution in [0.4, 0.5) is 0 Å². The van der Waals surface area contributed by atoms with Crippen molar-refractivity contribution in [2.75, 3.05) is 19.6 Å². The van der Waals surface area contributed by atoms with Crippen LogP contribution in [0.3, 0.4) is 0 Å². The molecular formula is C23H32N4O. The molecule has 5 heteroatoms. The second-order valence-corrected chi connectivity index (χ2v) is 8.79. The third-order valence-corrected chi connectivity index (χ3v) is 6.85. The van der Waals surface area contributed by atoms with Crippen LogP contribution in [0.15, 0.2) is 18.2 Å². The second-order valence-electron chi connectivity index (χ2n) is 8.79. The first kappa shape index (κ1) is 19.4. The van der Waals surface area contributed by atoms with Gasteiger partial charge in [-0.1, -0.05) is 6.07 Å². The number of nitrogens with one attached hydrogen (secondary N) is 2. The van der Waals surface area contributed by atoms with Crippen molar-refractivity contribution in [3.63, 3.8) is 0 Å². The molecular weight excluding hydrogens is 348 g/mol. The SMILES string of the molecule is N#Cc1ccc2c(c1)CN(CCC1CCC(NC(=O)[C@@H]3CCCN3)CC1)CC2. The molecule has 0 unspecified atom stereocenters. The van der Waals surface area contributed by atoms with E-state index in [9.17, 15) is 4.79 Å². The van der Waals surface area contributed by atoms with E-state index < -0.39 is 0 Å². The standard InChI is InChI=1S/C23H32N4O/c24-15-18-3-6-19-10-13-27(16-20(19)14-18)12-9-17-4-7-21(8-5-17)26-23(28)22-2-1-11-25-22/h3,6,14,17,21-22,25H,1-2,4-5,7-13,16H2,(H,26,28)/t17?,21?,22-/m0/s1. The van der Waals surface area contributed by atoms with Crippen LogP contribution in [0.25, 0.3) is 0 Å². The van der Waals surface area contributed by atoms with Crippen LogP contribution in [-0.2, 0) is 17.8 Å². The minimum Gasteiger partial charge on any atom is -0.352 e. The van der Waals surface area contributed by atoms with Crippen LogP contribution in [0.5, 0.6) is 0 Å². The Morgan fingerprint density at radius 2 is 2.07 bits per heavy atom. The van der Waals surface area contributed by atoms with E-state index in [1.165, 1.54) is 30.4 Å². The largest absolute Gasteiger partial charge is 0.352 e. The average molecular weight is 381 g/mol. The summed E-state index contributed by atoms with van der Waals surface area (Å²) >= 11 is 0. The van der Waals surface area contributed by atoms with Crippen molar-refractivity contribution in [3.05, 3.63) is 34.9 Å². The number of rotatable bonds is 5. The average Bonchev–Trinajstić information content (AvgIpc) is 3.28. The molecule has 2 N–H and O–H groups in total. The van der Waals surface area contributed by atoms with Gasteiger partial charge in [-0.2, -0.15) is 5.26 Å². The zero-order valence-electron chi connectivity index (χ0n) is 16.8. The fraction of sp³-hybridized carbons (Fsp3) is 0.652. The molecule has 1 aromatic rings. The quantitative estimate of drug-likeness (QED) is 0.824. The predicted molar refractivity (Wildman–Crippen MR) is 110 cm³/mol. The van der Waals surface area contributed by atoms with Gasteiger partial charge >= 0.3 is 0 Å². The Morgan fingerprint density at radius 3 is 2.82 bits per heavy atom. The van der Waals surface area contributed by atoms with Crippen LogP contribution < -0.4 is 10.6 Å². The molecule has 150 valence electrons. The van der Waals surface area contributed by atoms with Gasteiger partial charge in [-0.3, -0.25) is 9.69 Å². The minimum atomic E-state index is 0.0428. The molecule has 5 nitrogen and oxygen atoms in total. The van der Waals surface area contributed by atoms with Crippen molar-refractivity contribution in [2.24, 2.45) is 5.92 Å². The highest BCUT2D eigenvalue weighted by Crippen LogP contribution is 2.28. The number of carbonyl (C=O) groups is 1. The van der Waals surface area contributed by atoms with E-state index in [-0.39, 0.29) is 11.9 Å². The summed E-state index contributed by atoms with van der Waals surface area (Å²) < 4.78 is 0. The van der Waals surface area contributed by atoms with Crippen LogP contribution in [0, 0.1) is 17.2 Å². The number of nitriles is 1. The molecule has 1 aliphatic carbocycles. The summed E-state index contributed by atoms with van der Waals surface area (Å²) in [5, 5.41) is 15.7. The molecule has 0 aromatic heterocycles. The molecule has 2 fully saturated rings. The summed E-state index contributed by atoms with van der Waals surface area (Å²) in [5.74, 6) is 0.995. The van der Waals surface area contributed by atoms with Gasteiger partial charge in [-0.05, 0) is 93.6 Å². The van der Waals surface area contributed by atoms with Crippen molar-refractivity contribution >= 4 is 5.91 Å². The third kappa shape index (κ3) is 4.74. The molecule has 2 heterocycles. The van der Waals surface area contributed by atoms with Crippen molar-refractivity contribution in [1.82, 2.24) is 15.5 Å². The Morgan fingerprint density at radius 1 is 1.21 bits per heavy atom. The molecule has 1 saturated carbocycles. The van der Waals surface area contributed by atoms with Crippen LogP contribution in [-0.4, -0.2) is 42.5 Å². The van der Waals surface area contributed by atoms with E-state index >= 15 is 0 Å². The van der Waals surface area contributed by atoms with Gasteiger partial charge in [0.2, 0.25) is 5.91 Å². The van der Waals surface area contributed by atoms with E-state index in [1.54, 1.807) is 0 Å². The van der Waals surface area contributed by atoms with Crippen LogP contribution in [0.1, 0.15) is 61.6 Å². The molecule has 28 heavy (non-hydrogen) atoms. The summed E-state index contributed by atoms with van der Waals surface area (Å²) in [6.45, 7) is 4.22. The summed E-state index contributed by atoms with van der Waals surface area (Å²) in [6.07, 6.45) is 9.14. The normalized spacial score (nSPS) is 27.8. The van der Waals surface area contributed by atoms with Crippen LogP contribution in [0.2, 0.25) is 0 Å². The molecule has 1 amide bonds. The molecule has 4 rings (SSSR count). The Kier molecular flexibility index (Phi) is 6.29. The maximum atomic E-state index is 12.3. The summed E-state index contributed by atoms with van der Waals surface area (Å²) in [5.41, 5.74) is 3.51. The van der Waals surface area contributed by atoms with E-state index in [0.717, 1.165) is 69.8 Å². The lowest BCUT2D eigenvalue weighted by atomic mass is 9.83. The first-order valence-corrected chi connectivity index (χ1v) is 11.0. The lowest BCUT2D eigenvalue weighted by Gasteiger charge is -2.33. The zero-order valence-corrected chi connectivity index (χ0v) is 16.8. The highest BCUT2D eigenvalue weighted by Gasteiger charge is 2.27. The van der Waals surface area contributed by atoms with E-state index in [0.29, 0.717) is 6.04 Å². The van der Waals surface area contributed by atoms with Crippen molar-refractivity contribution < 1.29 is 4.79 Å². The van der Waals surface area contributed by atoms with Gasteiger partial charge in [0, 0.05) is 19.1 Å². The molecule has 0 radical (unpaired) electrons. The number of nitrogens with zero attached hydrogens (tertiary/aromatic N) is 2. The van der Waals surface area contributed by atoms with Gasteiger partial charge in [-0.15, -0.1) is 0 Å². The minimum absolute atomic E-state index is 0.0428. The van der Waals surface area contributed by atoms with Crippen molar-refractivity contribution in [2.45, 2.75) is 70.0 Å². The maximum absolute atomic E-state index is 12.3. The smallest absolute Gasteiger partial charge is 0.237 e. The Bertz CT molecular complexity index is 727. The number of benzene rings is 1. The molecule has 3 aliphatic rings. The highest BCUT2D eigenvalue weighted by atomic mass is 16.2. The van der Waals surface area contributed by atoms with Crippen LogP contribution >= 0.6 is 0 Å². The number of fused-ring (bicyclic) bond motifs is 1. The maximum Gasteiger partial charge on any atom is 0.237 e. The summed E-state index contributed by atoms with van der Waals surface area (Å²) in [4.78, 5) is 14.8. The number of carbonyl (C=O) groups excluding carboxylic acids is 1. The molecule has 2 aliphatic heterocycles. The Balaban J connectivity index is 1.18. The van der Waals surface area contributed by atoms with Crippen molar-refractivity contribution in [3.8, 4) is 6.07 Å². The first-order chi connectivity index (χ1) is 13.7. The fourth-order valence-corrected chi connectivity index (χ4v) is 5.05. The Hall–Kier alpha value is -1.90. The Labute approximate surface area is 168 Å². The summed E-state index contributed by atoms with van der Waals surface area (Å²) in [7, 11) is 0. The van der Waals surface area contributed by atoms with E-state index in [2.05, 4.69) is 33.7 Å². The van der Waals surface area contributed by atoms with Crippen molar-refractivity contribution in [1.29, 1.82) is 5.26 Å². The second kappa shape index (κ2) is 9.07. The van der Waals surface area contributed by atoms with Gasteiger partial charge in [0.1, 0.15) is 0 Å².